The van der Waals surface area contributed by atoms with Crippen molar-refractivity contribution < 1.29 is 4.39 Å². The van der Waals surface area contributed by atoms with Gasteiger partial charge in [0.1, 0.15) is 5.82 Å². The summed E-state index contributed by atoms with van der Waals surface area (Å²) in [6.07, 6.45) is 0.923. The Labute approximate surface area is 108 Å². The first-order chi connectivity index (χ1) is 8.74. The van der Waals surface area contributed by atoms with Gasteiger partial charge in [-0.25, -0.2) is 4.39 Å². The third kappa shape index (κ3) is 3.97. The molecule has 2 heteroatoms. The van der Waals surface area contributed by atoms with Gasteiger partial charge in [0, 0.05) is 6.54 Å². The Morgan fingerprint density at radius 3 is 2.17 bits per heavy atom. The molecule has 0 aromatic heterocycles. The predicted octanol–water partition coefficient (Wildman–Crippen LogP) is 3.47. The first-order valence-corrected chi connectivity index (χ1v) is 6.25. The van der Waals surface area contributed by atoms with Gasteiger partial charge in [-0.3, -0.25) is 0 Å². The highest BCUT2D eigenvalue weighted by Gasteiger charge is 1.95. The van der Waals surface area contributed by atoms with E-state index in [1.165, 1.54) is 23.3 Å². The fourth-order valence-electron chi connectivity index (χ4n) is 1.82. The molecular weight excluding hydrogens is 225 g/mol. The molecule has 2 aromatic rings. The third-order valence-corrected chi connectivity index (χ3v) is 2.95. The van der Waals surface area contributed by atoms with Crippen molar-refractivity contribution in [3.8, 4) is 0 Å². The van der Waals surface area contributed by atoms with E-state index in [1.54, 1.807) is 0 Å². The molecule has 0 bridgehead atoms. The number of hydrogen-bond acceptors (Lipinski definition) is 1. The summed E-state index contributed by atoms with van der Waals surface area (Å²) >= 11 is 0. The summed E-state index contributed by atoms with van der Waals surface area (Å²) in [5.41, 5.74) is 3.73. The van der Waals surface area contributed by atoms with E-state index < -0.39 is 0 Å². The molecule has 0 amide bonds. The smallest absolute Gasteiger partial charge is 0.123 e. The van der Waals surface area contributed by atoms with E-state index in [0.717, 1.165) is 25.1 Å². The molecule has 0 aliphatic carbocycles. The summed E-state index contributed by atoms with van der Waals surface area (Å²) in [5.74, 6) is -0.175. The molecule has 0 aliphatic rings. The van der Waals surface area contributed by atoms with Crippen LogP contribution in [0.4, 0.5) is 4.39 Å². The summed E-state index contributed by atoms with van der Waals surface area (Å²) in [5, 5.41) is 3.39. The van der Waals surface area contributed by atoms with Crippen molar-refractivity contribution in [1.29, 1.82) is 0 Å². The Morgan fingerprint density at radius 1 is 0.889 bits per heavy atom. The van der Waals surface area contributed by atoms with Crippen molar-refractivity contribution in [2.75, 3.05) is 6.54 Å². The summed E-state index contributed by atoms with van der Waals surface area (Å²) in [7, 11) is 0. The summed E-state index contributed by atoms with van der Waals surface area (Å²) in [4.78, 5) is 0. The molecule has 0 fully saturated rings. The summed E-state index contributed by atoms with van der Waals surface area (Å²) < 4.78 is 12.7. The predicted molar refractivity (Wildman–Crippen MR) is 73.0 cm³/mol. The maximum atomic E-state index is 12.7. The molecule has 0 atom stereocenters. The van der Waals surface area contributed by atoms with Crippen molar-refractivity contribution in [3.63, 3.8) is 0 Å². The Bertz CT molecular complexity index is 426. The minimum absolute atomic E-state index is 0.175. The fourth-order valence-corrected chi connectivity index (χ4v) is 1.82. The summed E-state index contributed by atoms with van der Waals surface area (Å²) in [6.45, 7) is 3.87. The largest absolute Gasteiger partial charge is 0.312 e. The van der Waals surface area contributed by atoms with E-state index in [1.807, 2.05) is 12.1 Å². The maximum absolute atomic E-state index is 12.7. The van der Waals surface area contributed by atoms with Gasteiger partial charge in [-0.2, -0.15) is 0 Å². The molecule has 2 aromatic carbocycles. The fraction of sp³-hybridized carbons (Fsp3) is 0.250. The lowest BCUT2D eigenvalue weighted by molar-refractivity contribution is 0.626. The molecule has 0 radical (unpaired) electrons. The molecule has 1 N–H and O–H groups in total. The molecule has 0 saturated heterocycles. The van der Waals surface area contributed by atoms with Crippen molar-refractivity contribution >= 4 is 0 Å². The highest BCUT2D eigenvalue weighted by atomic mass is 19.1. The average Bonchev–Trinajstić information content (AvgIpc) is 2.39. The number of hydrogen-bond donors (Lipinski definition) is 1. The van der Waals surface area contributed by atoms with Crippen molar-refractivity contribution in [2.24, 2.45) is 0 Å². The first kappa shape index (κ1) is 12.8. The molecule has 2 rings (SSSR count). The van der Waals surface area contributed by atoms with Crippen molar-refractivity contribution in [2.45, 2.75) is 19.9 Å². The lowest BCUT2D eigenvalue weighted by Crippen LogP contribution is -2.16. The summed E-state index contributed by atoms with van der Waals surface area (Å²) in [6, 6.07) is 15.2. The molecule has 1 nitrogen and oxygen atoms in total. The molecule has 18 heavy (non-hydrogen) atoms. The Morgan fingerprint density at radius 2 is 1.50 bits per heavy atom. The van der Waals surface area contributed by atoms with Crippen molar-refractivity contribution in [3.05, 3.63) is 71.0 Å². The molecule has 94 valence electrons. The van der Waals surface area contributed by atoms with Crippen LogP contribution in [0.25, 0.3) is 0 Å². The maximum Gasteiger partial charge on any atom is 0.123 e. The monoisotopic (exact) mass is 243 g/mol. The van der Waals surface area contributed by atoms with E-state index in [-0.39, 0.29) is 5.82 Å². The first-order valence-electron chi connectivity index (χ1n) is 6.25. The van der Waals surface area contributed by atoms with Gasteiger partial charge < -0.3 is 5.32 Å². The molecular formula is C16H18FN. The van der Waals surface area contributed by atoms with Crippen LogP contribution in [0.2, 0.25) is 0 Å². The normalized spacial score (nSPS) is 10.6. The van der Waals surface area contributed by atoms with Crippen LogP contribution >= 0.6 is 0 Å². The molecule has 0 unspecified atom stereocenters. The standard InChI is InChI=1S/C16H18FN/c1-13-2-4-15(5-3-13)12-18-11-10-14-6-8-16(17)9-7-14/h2-9,18H,10-12H2,1H3. The van der Waals surface area contributed by atoms with Crippen LogP contribution < -0.4 is 5.32 Å². The van der Waals surface area contributed by atoms with E-state index in [4.69, 9.17) is 0 Å². The van der Waals surface area contributed by atoms with Crippen LogP contribution in [-0.4, -0.2) is 6.54 Å². The zero-order valence-corrected chi connectivity index (χ0v) is 10.6. The molecule has 0 heterocycles. The number of benzene rings is 2. The zero-order chi connectivity index (χ0) is 12.8. The van der Waals surface area contributed by atoms with E-state index in [2.05, 4.69) is 36.5 Å². The quantitative estimate of drug-likeness (QED) is 0.793. The van der Waals surface area contributed by atoms with Gasteiger partial charge in [0.25, 0.3) is 0 Å². The van der Waals surface area contributed by atoms with Gasteiger partial charge in [0.05, 0.1) is 0 Å². The van der Waals surface area contributed by atoms with E-state index in [0.29, 0.717) is 0 Å². The second-order valence-corrected chi connectivity index (χ2v) is 4.54. The Balaban J connectivity index is 1.73. The molecule has 0 spiro atoms. The minimum Gasteiger partial charge on any atom is -0.312 e. The van der Waals surface area contributed by atoms with E-state index >= 15 is 0 Å². The van der Waals surface area contributed by atoms with Gasteiger partial charge in [-0.1, -0.05) is 42.0 Å². The van der Waals surface area contributed by atoms with Gasteiger partial charge in [-0.15, -0.1) is 0 Å². The van der Waals surface area contributed by atoms with Crippen LogP contribution in [0.3, 0.4) is 0 Å². The van der Waals surface area contributed by atoms with Gasteiger partial charge in [0.2, 0.25) is 0 Å². The van der Waals surface area contributed by atoms with Crippen LogP contribution in [0.5, 0.6) is 0 Å². The zero-order valence-electron chi connectivity index (χ0n) is 10.6. The van der Waals surface area contributed by atoms with Crippen LogP contribution in [-0.2, 0) is 13.0 Å². The van der Waals surface area contributed by atoms with Crippen molar-refractivity contribution in [1.82, 2.24) is 5.32 Å². The lowest BCUT2D eigenvalue weighted by Gasteiger charge is -2.05. The van der Waals surface area contributed by atoms with E-state index in [9.17, 15) is 4.39 Å². The molecule has 0 saturated carbocycles. The van der Waals surface area contributed by atoms with Crippen LogP contribution in [0, 0.1) is 12.7 Å². The van der Waals surface area contributed by atoms with Gasteiger partial charge in [0.15, 0.2) is 0 Å². The SMILES string of the molecule is Cc1ccc(CNCCc2ccc(F)cc2)cc1. The van der Waals surface area contributed by atoms with Gasteiger partial charge in [-0.05, 0) is 43.1 Å². The number of aryl methyl sites for hydroxylation is 1. The second kappa shape index (κ2) is 6.31. The third-order valence-electron chi connectivity index (χ3n) is 2.95. The number of halogens is 1. The minimum atomic E-state index is -0.175. The molecule has 0 aliphatic heterocycles. The van der Waals surface area contributed by atoms with Crippen LogP contribution in [0.15, 0.2) is 48.5 Å². The number of rotatable bonds is 5. The number of nitrogens with one attached hydrogen (secondary N) is 1. The topological polar surface area (TPSA) is 12.0 Å². The highest BCUT2D eigenvalue weighted by molar-refractivity contribution is 5.21. The second-order valence-electron chi connectivity index (χ2n) is 4.54. The van der Waals surface area contributed by atoms with Crippen LogP contribution in [0.1, 0.15) is 16.7 Å². The van der Waals surface area contributed by atoms with Gasteiger partial charge >= 0.3 is 0 Å². The Hall–Kier alpha value is -1.67. The Kier molecular flexibility index (Phi) is 4.48. The highest BCUT2D eigenvalue weighted by Crippen LogP contribution is 2.04. The lowest BCUT2D eigenvalue weighted by atomic mass is 10.1. The average molecular weight is 243 g/mol.